The molecule has 0 atom stereocenters. The SMILES string of the molecule is COc1cc(/C=N\Nc2ccc(C)cc2)cc([N+](=O)[O-])c1O. The zero-order chi connectivity index (χ0) is 16.1. The molecule has 0 radical (unpaired) electrons. The zero-order valence-electron chi connectivity index (χ0n) is 12.1. The van der Waals surface area contributed by atoms with E-state index in [1.165, 1.54) is 25.5 Å². The summed E-state index contributed by atoms with van der Waals surface area (Å²) in [6.07, 6.45) is 1.41. The Bertz CT molecular complexity index is 711. The van der Waals surface area contributed by atoms with E-state index in [4.69, 9.17) is 4.74 Å². The van der Waals surface area contributed by atoms with Gasteiger partial charge >= 0.3 is 5.69 Å². The quantitative estimate of drug-likeness (QED) is 0.502. The van der Waals surface area contributed by atoms with Crippen LogP contribution in [0.4, 0.5) is 11.4 Å². The average molecular weight is 301 g/mol. The van der Waals surface area contributed by atoms with Crippen LogP contribution in [0.1, 0.15) is 11.1 Å². The van der Waals surface area contributed by atoms with Crippen LogP contribution >= 0.6 is 0 Å². The van der Waals surface area contributed by atoms with Gasteiger partial charge in [-0.2, -0.15) is 5.10 Å². The van der Waals surface area contributed by atoms with Crippen LogP contribution in [-0.2, 0) is 0 Å². The van der Waals surface area contributed by atoms with E-state index < -0.39 is 16.4 Å². The number of aromatic hydroxyl groups is 1. The first kappa shape index (κ1) is 15.3. The first-order valence-electron chi connectivity index (χ1n) is 6.42. The van der Waals surface area contributed by atoms with Gasteiger partial charge < -0.3 is 9.84 Å². The molecule has 2 aromatic carbocycles. The lowest BCUT2D eigenvalue weighted by Crippen LogP contribution is -1.96. The summed E-state index contributed by atoms with van der Waals surface area (Å²) in [5.74, 6) is -0.484. The van der Waals surface area contributed by atoms with E-state index in [0.29, 0.717) is 5.56 Å². The molecule has 0 aromatic heterocycles. The maximum absolute atomic E-state index is 10.9. The van der Waals surface area contributed by atoms with Gasteiger partial charge in [0.25, 0.3) is 0 Å². The summed E-state index contributed by atoms with van der Waals surface area (Å²) in [6, 6.07) is 10.3. The van der Waals surface area contributed by atoms with Crippen molar-refractivity contribution in [2.75, 3.05) is 12.5 Å². The summed E-state index contributed by atoms with van der Waals surface area (Å²) >= 11 is 0. The molecule has 0 fully saturated rings. The number of hydrogen-bond acceptors (Lipinski definition) is 6. The number of ether oxygens (including phenoxy) is 1. The van der Waals surface area contributed by atoms with Gasteiger partial charge in [0.1, 0.15) is 0 Å². The summed E-state index contributed by atoms with van der Waals surface area (Å²) < 4.78 is 4.92. The molecule has 0 aliphatic heterocycles. The number of nitrogens with zero attached hydrogens (tertiary/aromatic N) is 2. The van der Waals surface area contributed by atoms with Gasteiger partial charge in [0, 0.05) is 11.6 Å². The van der Waals surface area contributed by atoms with E-state index in [9.17, 15) is 15.2 Å². The molecule has 2 N–H and O–H groups in total. The molecular weight excluding hydrogens is 286 g/mol. The van der Waals surface area contributed by atoms with Gasteiger partial charge in [-0.05, 0) is 25.1 Å². The van der Waals surface area contributed by atoms with Crippen molar-refractivity contribution < 1.29 is 14.8 Å². The van der Waals surface area contributed by atoms with Crippen LogP contribution in [0.25, 0.3) is 0 Å². The zero-order valence-corrected chi connectivity index (χ0v) is 12.1. The Morgan fingerprint density at radius 1 is 1.32 bits per heavy atom. The van der Waals surface area contributed by atoms with Crippen molar-refractivity contribution in [2.45, 2.75) is 6.92 Å². The van der Waals surface area contributed by atoms with Crippen molar-refractivity contribution >= 4 is 17.6 Å². The summed E-state index contributed by atoms with van der Waals surface area (Å²) in [4.78, 5) is 10.2. The molecule has 22 heavy (non-hydrogen) atoms. The molecule has 7 nitrogen and oxygen atoms in total. The molecule has 0 spiro atoms. The Balaban J connectivity index is 2.21. The highest BCUT2D eigenvalue weighted by Crippen LogP contribution is 2.36. The minimum atomic E-state index is -0.678. The molecule has 0 aliphatic carbocycles. The standard InChI is InChI=1S/C15H15N3O4/c1-10-3-5-12(6-4-10)17-16-9-11-7-13(18(20)21)15(19)14(8-11)22-2/h3-9,17,19H,1-2H3/b16-9-. The number of methoxy groups -OCH3 is 1. The van der Waals surface area contributed by atoms with E-state index in [1.807, 2.05) is 31.2 Å². The topological polar surface area (TPSA) is 97.0 Å². The Morgan fingerprint density at radius 3 is 2.59 bits per heavy atom. The molecule has 2 aromatic rings. The number of phenolic OH excluding ortho intramolecular Hbond substituents is 1. The largest absolute Gasteiger partial charge is 0.500 e. The molecule has 2 rings (SSSR count). The van der Waals surface area contributed by atoms with Gasteiger partial charge in [0.2, 0.25) is 5.75 Å². The van der Waals surface area contributed by atoms with Crippen LogP contribution in [0, 0.1) is 17.0 Å². The monoisotopic (exact) mass is 301 g/mol. The highest BCUT2D eigenvalue weighted by atomic mass is 16.6. The third-order valence-corrected chi connectivity index (χ3v) is 2.95. The molecule has 0 bridgehead atoms. The second-order valence-electron chi connectivity index (χ2n) is 4.58. The summed E-state index contributed by atoms with van der Waals surface area (Å²) in [7, 11) is 1.32. The number of phenols is 1. The van der Waals surface area contributed by atoms with Crippen molar-refractivity contribution in [3.05, 3.63) is 57.6 Å². The van der Waals surface area contributed by atoms with Gasteiger partial charge in [-0.1, -0.05) is 17.7 Å². The molecule has 7 heteroatoms. The Labute approximate surface area is 127 Å². The average Bonchev–Trinajstić information content (AvgIpc) is 2.50. The number of nitrogens with one attached hydrogen (secondary N) is 1. The maximum Gasteiger partial charge on any atom is 0.315 e. The van der Waals surface area contributed by atoms with Gasteiger partial charge in [0.05, 0.1) is 23.9 Å². The molecule has 0 heterocycles. The van der Waals surface area contributed by atoms with Crippen LogP contribution in [0.5, 0.6) is 11.5 Å². The van der Waals surface area contributed by atoms with E-state index in [1.54, 1.807) is 0 Å². The first-order valence-corrected chi connectivity index (χ1v) is 6.42. The fourth-order valence-electron chi connectivity index (χ4n) is 1.79. The first-order chi connectivity index (χ1) is 10.5. The highest BCUT2D eigenvalue weighted by molar-refractivity contribution is 5.83. The maximum atomic E-state index is 10.9. The van der Waals surface area contributed by atoms with E-state index in [-0.39, 0.29) is 5.75 Å². The predicted molar refractivity (Wildman–Crippen MR) is 83.7 cm³/mol. The normalized spacial score (nSPS) is 10.6. The predicted octanol–water partition coefficient (Wildman–Crippen LogP) is 3.06. The lowest BCUT2D eigenvalue weighted by atomic mass is 10.2. The second kappa shape index (κ2) is 6.57. The fourth-order valence-corrected chi connectivity index (χ4v) is 1.79. The van der Waals surface area contributed by atoms with Crippen molar-refractivity contribution in [3.63, 3.8) is 0 Å². The number of nitro benzene ring substituents is 1. The summed E-state index contributed by atoms with van der Waals surface area (Å²) in [6.45, 7) is 1.98. The number of rotatable bonds is 5. The second-order valence-corrected chi connectivity index (χ2v) is 4.58. The van der Waals surface area contributed by atoms with Crippen molar-refractivity contribution in [1.29, 1.82) is 0 Å². The number of nitro groups is 1. The van der Waals surface area contributed by atoms with E-state index >= 15 is 0 Å². The van der Waals surface area contributed by atoms with E-state index in [2.05, 4.69) is 10.5 Å². The van der Waals surface area contributed by atoms with Crippen molar-refractivity contribution in [1.82, 2.24) is 0 Å². The molecule has 0 saturated carbocycles. The van der Waals surface area contributed by atoms with Gasteiger partial charge in [-0.15, -0.1) is 0 Å². The Hall–Kier alpha value is -3.09. The lowest BCUT2D eigenvalue weighted by Gasteiger charge is -2.05. The minimum absolute atomic E-state index is 0.0194. The third-order valence-electron chi connectivity index (χ3n) is 2.95. The molecule has 0 saturated heterocycles. The van der Waals surface area contributed by atoms with Gasteiger partial charge in [-0.3, -0.25) is 15.5 Å². The van der Waals surface area contributed by atoms with Crippen LogP contribution < -0.4 is 10.2 Å². The number of hydrogen-bond donors (Lipinski definition) is 2. The van der Waals surface area contributed by atoms with Crippen molar-refractivity contribution in [3.8, 4) is 11.5 Å². The van der Waals surface area contributed by atoms with Gasteiger partial charge in [-0.25, -0.2) is 0 Å². The van der Waals surface area contributed by atoms with Crippen LogP contribution in [0.2, 0.25) is 0 Å². The molecular formula is C15H15N3O4. The molecule has 0 unspecified atom stereocenters. The van der Waals surface area contributed by atoms with Crippen molar-refractivity contribution in [2.24, 2.45) is 5.10 Å². The number of aryl methyl sites for hydroxylation is 1. The Kier molecular flexibility index (Phi) is 4.57. The molecule has 114 valence electrons. The number of benzene rings is 2. The summed E-state index contributed by atoms with van der Waals surface area (Å²) in [5.41, 5.74) is 4.74. The van der Waals surface area contributed by atoms with E-state index in [0.717, 1.165) is 11.3 Å². The van der Waals surface area contributed by atoms with Crippen LogP contribution in [-0.4, -0.2) is 23.4 Å². The summed E-state index contributed by atoms with van der Waals surface area (Å²) in [5, 5.41) is 24.6. The number of hydrazone groups is 1. The van der Waals surface area contributed by atoms with Crippen LogP contribution in [0.15, 0.2) is 41.5 Å². The fraction of sp³-hybridized carbons (Fsp3) is 0.133. The lowest BCUT2D eigenvalue weighted by molar-refractivity contribution is -0.386. The third kappa shape index (κ3) is 3.51. The Morgan fingerprint density at radius 2 is 2.00 bits per heavy atom. The van der Waals surface area contributed by atoms with Gasteiger partial charge in [0.15, 0.2) is 5.75 Å². The molecule has 0 amide bonds. The minimum Gasteiger partial charge on any atom is -0.500 e. The highest BCUT2D eigenvalue weighted by Gasteiger charge is 2.19. The number of anilines is 1. The smallest absolute Gasteiger partial charge is 0.315 e. The van der Waals surface area contributed by atoms with Crippen LogP contribution in [0.3, 0.4) is 0 Å². The molecule has 0 aliphatic rings.